The van der Waals surface area contributed by atoms with Crippen LogP contribution in [0, 0.1) is 13.8 Å². The number of aromatic nitrogens is 5. The first-order valence-corrected chi connectivity index (χ1v) is 9.75. The van der Waals surface area contributed by atoms with Gasteiger partial charge in [0.25, 0.3) is 0 Å². The highest BCUT2D eigenvalue weighted by atomic mass is 32.2. The molecule has 0 aliphatic heterocycles. The molecule has 25 heavy (non-hydrogen) atoms. The van der Waals surface area contributed by atoms with E-state index in [1.54, 1.807) is 23.6 Å². The molecule has 2 aromatic rings. The van der Waals surface area contributed by atoms with Gasteiger partial charge in [-0.15, -0.1) is 0 Å². The van der Waals surface area contributed by atoms with Gasteiger partial charge in [0.2, 0.25) is 26.9 Å². The Bertz CT molecular complexity index is 859. The van der Waals surface area contributed by atoms with Crippen LogP contribution >= 0.6 is 0 Å². The third-order valence-electron chi connectivity index (χ3n) is 3.84. The molecule has 2 heterocycles. The Morgan fingerprint density at radius 2 is 1.80 bits per heavy atom. The average molecular weight is 367 g/mol. The maximum Gasteiger partial charge on any atom is 0.229 e. The highest BCUT2D eigenvalue weighted by Crippen LogP contribution is 2.20. The van der Waals surface area contributed by atoms with Crippen molar-refractivity contribution in [2.45, 2.75) is 51.1 Å². The van der Waals surface area contributed by atoms with Gasteiger partial charge in [-0.2, -0.15) is 15.0 Å². The lowest BCUT2D eigenvalue weighted by Gasteiger charge is -2.12. The Morgan fingerprint density at radius 1 is 1.12 bits per heavy atom. The molecule has 0 amide bonds. The number of imidazole rings is 1. The summed E-state index contributed by atoms with van der Waals surface area (Å²) in [5, 5.41) is 0.0568. The summed E-state index contributed by atoms with van der Waals surface area (Å²) in [5.74, 6) is 0.0456. The minimum Gasteiger partial charge on any atom is -0.368 e. The highest BCUT2D eigenvalue weighted by Gasteiger charge is 2.26. The van der Waals surface area contributed by atoms with Gasteiger partial charge in [0.1, 0.15) is 5.75 Å². The average Bonchev–Trinajstić information content (AvgIpc) is 2.80. The van der Waals surface area contributed by atoms with E-state index in [0.717, 1.165) is 18.5 Å². The van der Waals surface area contributed by atoms with E-state index in [-0.39, 0.29) is 22.7 Å². The maximum atomic E-state index is 12.9. The van der Waals surface area contributed by atoms with E-state index in [0.29, 0.717) is 18.2 Å². The molecular formula is C15H25N7O2S. The van der Waals surface area contributed by atoms with Gasteiger partial charge >= 0.3 is 0 Å². The first-order chi connectivity index (χ1) is 11.7. The molecule has 2 rings (SSSR count). The van der Waals surface area contributed by atoms with Crippen LogP contribution in [0.4, 0.5) is 11.9 Å². The quantitative estimate of drug-likeness (QED) is 0.772. The number of hydrogen-bond acceptors (Lipinski definition) is 8. The monoisotopic (exact) mass is 367 g/mol. The summed E-state index contributed by atoms with van der Waals surface area (Å²) in [6.07, 6.45) is 1.84. The second-order valence-electron chi connectivity index (χ2n) is 6.13. The van der Waals surface area contributed by atoms with Crippen molar-refractivity contribution in [1.82, 2.24) is 24.5 Å². The number of rotatable bonds is 7. The van der Waals surface area contributed by atoms with Crippen molar-refractivity contribution in [2.24, 2.45) is 0 Å². The fourth-order valence-electron chi connectivity index (χ4n) is 2.36. The molecule has 0 saturated heterocycles. The molecule has 0 spiro atoms. The van der Waals surface area contributed by atoms with Gasteiger partial charge in [-0.25, -0.2) is 13.4 Å². The lowest BCUT2D eigenvalue weighted by atomic mass is 10.3. The van der Waals surface area contributed by atoms with E-state index >= 15 is 0 Å². The molecule has 0 aliphatic rings. The van der Waals surface area contributed by atoms with Gasteiger partial charge in [-0.05, 0) is 20.3 Å². The minimum atomic E-state index is -3.71. The zero-order valence-electron chi connectivity index (χ0n) is 15.3. The molecule has 0 radical (unpaired) electrons. The van der Waals surface area contributed by atoms with E-state index < -0.39 is 9.84 Å². The number of nitrogen functional groups attached to an aromatic ring is 1. The molecule has 0 aliphatic carbocycles. The van der Waals surface area contributed by atoms with Crippen LogP contribution in [0.3, 0.4) is 0 Å². The van der Waals surface area contributed by atoms with Crippen LogP contribution in [0.5, 0.6) is 0 Å². The molecule has 0 aromatic carbocycles. The molecule has 0 saturated carbocycles. The van der Waals surface area contributed by atoms with E-state index in [4.69, 9.17) is 5.73 Å². The van der Waals surface area contributed by atoms with Crippen molar-refractivity contribution in [3.63, 3.8) is 0 Å². The van der Waals surface area contributed by atoms with Crippen molar-refractivity contribution >= 4 is 21.7 Å². The number of sulfone groups is 1. The molecule has 0 fully saturated rings. The van der Waals surface area contributed by atoms with Gasteiger partial charge in [0.05, 0.1) is 5.69 Å². The highest BCUT2D eigenvalue weighted by molar-refractivity contribution is 7.90. The van der Waals surface area contributed by atoms with Crippen LogP contribution < -0.4 is 10.6 Å². The summed E-state index contributed by atoms with van der Waals surface area (Å²) < 4.78 is 27.6. The third-order valence-corrected chi connectivity index (χ3v) is 5.35. The van der Waals surface area contributed by atoms with Gasteiger partial charge in [-0.1, -0.05) is 13.3 Å². The SMILES string of the molecule is CCCCn1c(S(=O)(=O)Cc2nc(N)nc(N(C)C)n2)nc(C)c1C. The van der Waals surface area contributed by atoms with Crippen LogP contribution in [0.25, 0.3) is 0 Å². The van der Waals surface area contributed by atoms with Crippen LogP contribution in [0.15, 0.2) is 5.16 Å². The summed E-state index contributed by atoms with van der Waals surface area (Å²) in [6, 6.07) is 0. The van der Waals surface area contributed by atoms with E-state index in [1.165, 1.54) is 0 Å². The fourth-order valence-corrected chi connectivity index (χ4v) is 3.80. The Hall–Kier alpha value is -2.23. The van der Waals surface area contributed by atoms with Crippen LogP contribution in [0.2, 0.25) is 0 Å². The number of aryl methyl sites for hydroxylation is 1. The van der Waals surface area contributed by atoms with E-state index in [9.17, 15) is 8.42 Å². The zero-order chi connectivity index (χ0) is 18.8. The molecule has 0 atom stereocenters. The number of nitrogens with zero attached hydrogens (tertiary/aromatic N) is 6. The summed E-state index contributed by atoms with van der Waals surface area (Å²) in [5.41, 5.74) is 7.24. The Labute approximate surface area is 148 Å². The summed E-state index contributed by atoms with van der Waals surface area (Å²) in [6.45, 7) is 6.35. The van der Waals surface area contributed by atoms with Crippen molar-refractivity contribution < 1.29 is 8.42 Å². The Balaban J connectivity index is 2.42. The second kappa shape index (κ2) is 7.34. The first-order valence-electron chi connectivity index (χ1n) is 8.10. The second-order valence-corrected chi connectivity index (χ2v) is 8.02. The smallest absolute Gasteiger partial charge is 0.229 e. The van der Waals surface area contributed by atoms with E-state index in [1.807, 2.05) is 13.8 Å². The van der Waals surface area contributed by atoms with Gasteiger partial charge in [0, 0.05) is 26.3 Å². The lowest BCUT2D eigenvalue weighted by molar-refractivity contribution is 0.537. The first kappa shape index (κ1) is 19.1. The summed E-state index contributed by atoms with van der Waals surface area (Å²) >= 11 is 0. The zero-order valence-corrected chi connectivity index (χ0v) is 16.1. The molecule has 10 heteroatoms. The number of hydrogen-bond donors (Lipinski definition) is 1. The molecule has 2 N–H and O–H groups in total. The molecule has 9 nitrogen and oxygen atoms in total. The summed E-state index contributed by atoms with van der Waals surface area (Å²) in [4.78, 5) is 18.0. The van der Waals surface area contributed by atoms with Crippen LogP contribution in [0.1, 0.15) is 37.0 Å². The number of anilines is 2. The molecule has 0 bridgehead atoms. The van der Waals surface area contributed by atoms with Gasteiger partial charge < -0.3 is 15.2 Å². The van der Waals surface area contributed by atoms with Crippen molar-refractivity contribution in [3.05, 3.63) is 17.2 Å². The minimum absolute atomic E-state index is 0.00872. The molecule has 0 unspecified atom stereocenters. The fraction of sp³-hybridized carbons (Fsp3) is 0.600. The van der Waals surface area contributed by atoms with Gasteiger partial charge in [-0.3, -0.25) is 0 Å². The molecule has 138 valence electrons. The largest absolute Gasteiger partial charge is 0.368 e. The lowest BCUT2D eigenvalue weighted by Crippen LogP contribution is -2.19. The van der Waals surface area contributed by atoms with Crippen LogP contribution in [-0.4, -0.2) is 47.0 Å². The van der Waals surface area contributed by atoms with E-state index in [2.05, 4.69) is 26.9 Å². The predicted molar refractivity (Wildman–Crippen MR) is 96.1 cm³/mol. The maximum absolute atomic E-state index is 12.9. The Kier molecular flexibility index (Phi) is 5.61. The third kappa shape index (κ3) is 4.25. The topological polar surface area (TPSA) is 120 Å². The number of nitrogens with two attached hydrogens (primary N) is 1. The molecule has 2 aromatic heterocycles. The van der Waals surface area contributed by atoms with Gasteiger partial charge in [0.15, 0.2) is 5.82 Å². The number of unbranched alkanes of at least 4 members (excludes halogenated alkanes) is 1. The summed E-state index contributed by atoms with van der Waals surface area (Å²) in [7, 11) is -0.216. The van der Waals surface area contributed by atoms with Crippen molar-refractivity contribution in [1.29, 1.82) is 0 Å². The van der Waals surface area contributed by atoms with Crippen LogP contribution in [-0.2, 0) is 22.1 Å². The Morgan fingerprint density at radius 3 is 2.40 bits per heavy atom. The predicted octanol–water partition coefficient (Wildman–Crippen LogP) is 1.11. The molecular weight excluding hydrogens is 342 g/mol. The van der Waals surface area contributed by atoms with Crippen molar-refractivity contribution in [2.75, 3.05) is 24.7 Å². The normalized spacial score (nSPS) is 11.7. The van der Waals surface area contributed by atoms with Crippen molar-refractivity contribution in [3.8, 4) is 0 Å². The standard InChI is InChI=1S/C15H25N7O2S/c1-6-7-8-22-11(3)10(2)17-15(22)25(23,24)9-12-18-13(16)20-14(19-12)21(4)5/h6-9H2,1-5H3,(H2,16,18,19,20).